The van der Waals surface area contributed by atoms with E-state index in [0.717, 1.165) is 30.4 Å². The summed E-state index contributed by atoms with van der Waals surface area (Å²) in [5.41, 5.74) is 3.57. The molecule has 2 aromatic carbocycles. The highest BCUT2D eigenvalue weighted by molar-refractivity contribution is 6.00. The van der Waals surface area contributed by atoms with Crippen LogP contribution in [-0.2, 0) is 23.9 Å². The van der Waals surface area contributed by atoms with E-state index in [-0.39, 0.29) is 18.9 Å². The Morgan fingerprint density at radius 1 is 1.03 bits per heavy atom. The first-order valence-electron chi connectivity index (χ1n) is 11.9. The lowest BCUT2D eigenvalue weighted by molar-refractivity contribution is -0.151. The number of aryl methyl sites for hydroxylation is 2. The SMILES string of the molecule is CCCCCOC(=O)c1ccc(N2C[C@H](C(=O)OCC(=O)Nc3cc(C)ccc3C)CC2=O)cc1. The van der Waals surface area contributed by atoms with Gasteiger partial charge in [-0.3, -0.25) is 14.4 Å². The minimum Gasteiger partial charge on any atom is -0.462 e. The van der Waals surface area contributed by atoms with Gasteiger partial charge in [0.15, 0.2) is 6.61 Å². The summed E-state index contributed by atoms with van der Waals surface area (Å²) < 4.78 is 10.4. The van der Waals surface area contributed by atoms with Crippen molar-refractivity contribution in [1.82, 2.24) is 0 Å². The fourth-order valence-electron chi connectivity index (χ4n) is 3.80. The number of hydrogen-bond donors (Lipinski definition) is 1. The van der Waals surface area contributed by atoms with Crippen LogP contribution in [0.3, 0.4) is 0 Å². The van der Waals surface area contributed by atoms with Gasteiger partial charge in [0, 0.05) is 24.3 Å². The molecule has 0 unspecified atom stereocenters. The molecule has 1 saturated heterocycles. The summed E-state index contributed by atoms with van der Waals surface area (Å²) in [6.45, 7) is 5.98. The lowest BCUT2D eigenvalue weighted by Gasteiger charge is -2.17. The van der Waals surface area contributed by atoms with Crippen LogP contribution in [0, 0.1) is 19.8 Å². The summed E-state index contributed by atoms with van der Waals surface area (Å²) in [7, 11) is 0. The Balaban J connectivity index is 1.49. The van der Waals surface area contributed by atoms with Gasteiger partial charge in [0.05, 0.1) is 18.1 Å². The molecule has 8 heteroatoms. The van der Waals surface area contributed by atoms with Crippen LogP contribution >= 0.6 is 0 Å². The molecule has 0 radical (unpaired) electrons. The van der Waals surface area contributed by atoms with Crippen molar-refractivity contribution in [1.29, 1.82) is 0 Å². The molecule has 2 aromatic rings. The fourth-order valence-corrected chi connectivity index (χ4v) is 3.80. The molecule has 2 amide bonds. The van der Waals surface area contributed by atoms with Crippen LogP contribution in [0.1, 0.15) is 54.1 Å². The van der Waals surface area contributed by atoms with Crippen LogP contribution in [0.15, 0.2) is 42.5 Å². The predicted octanol–water partition coefficient (Wildman–Crippen LogP) is 4.19. The third-order valence-electron chi connectivity index (χ3n) is 5.87. The van der Waals surface area contributed by atoms with Gasteiger partial charge in [-0.15, -0.1) is 0 Å². The molecule has 1 N–H and O–H groups in total. The summed E-state index contributed by atoms with van der Waals surface area (Å²) in [6.07, 6.45) is 2.88. The number of esters is 2. The lowest BCUT2D eigenvalue weighted by atomic mass is 10.1. The smallest absolute Gasteiger partial charge is 0.338 e. The number of ether oxygens (including phenoxy) is 2. The Bertz CT molecular complexity index is 1080. The maximum atomic E-state index is 12.5. The van der Waals surface area contributed by atoms with Crippen LogP contribution in [0.2, 0.25) is 0 Å². The van der Waals surface area contributed by atoms with Crippen LogP contribution in [-0.4, -0.2) is 43.5 Å². The highest BCUT2D eigenvalue weighted by Gasteiger charge is 2.36. The molecule has 35 heavy (non-hydrogen) atoms. The highest BCUT2D eigenvalue weighted by atomic mass is 16.5. The largest absolute Gasteiger partial charge is 0.462 e. The zero-order valence-corrected chi connectivity index (χ0v) is 20.5. The van der Waals surface area contributed by atoms with Gasteiger partial charge in [-0.2, -0.15) is 0 Å². The average molecular weight is 481 g/mol. The van der Waals surface area contributed by atoms with E-state index in [1.807, 2.05) is 32.0 Å². The van der Waals surface area contributed by atoms with Gasteiger partial charge in [-0.25, -0.2) is 4.79 Å². The number of rotatable bonds is 10. The quantitative estimate of drug-likeness (QED) is 0.404. The number of carbonyl (C=O) groups is 4. The summed E-state index contributed by atoms with van der Waals surface area (Å²) in [5.74, 6) is -2.32. The summed E-state index contributed by atoms with van der Waals surface area (Å²) in [6, 6.07) is 12.2. The van der Waals surface area contributed by atoms with E-state index in [2.05, 4.69) is 12.2 Å². The van der Waals surface area contributed by atoms with Crippen molar-refractivity contribution in [3.63, 3.8) is 0 Å². The summed E-state index contributed by atoms with van der Waals surface area (Å²) >= 11 is 0. The van der Waals surface area contributed by atoms with Gasteiger partial charge in [0.1, 0.15) is 0 Å². The second kappa shape index (κ2) is 12.1. The molecule has 3 rings (SSSR count). The van der Waals surface area contributed by atoms with E-state index in [0.29, 0.717) is 23.5 Å². The topological polar surface area (TPSA) is 102 Å². The van der Waals surface area contributed by atoms with E-state index in [9.17, 15) is 19.2 Å². The van der Waals surface area contributed by atoms with E-state index in [1.165, 1.54) is 4.90 Å². The van der Waals surface area contributed by atoms with Crippen molar-refractivity contribution in [2.75, 3.05) is 30.0 Å². The van der Waals surface area contributed by atoms with Crippen molar-refractivity contribution in [3.05, 3.63) is 59.2 Å². The van der Waals surface area contributed by atoms with E-state index in [4.69, 9.17) is 9.47 Å². The Kier molecular flexibility index (Phi) is 9.00. The van der Waals surface area contributed by atoms with Crippen molar-refractivity contribution in [2.45, 2.75) is 46.5 Å². The molecular weight excluding hydrogens is 448 g/mol. The first kappa shape index (κ1) is 25.9. The second-order valence-electron chi connectivity index (χ2n) is 8.77. The fraction of sp³-hybridized carbons (Fsp3) is 0.407. The molecule has 8 nitrogen and oxygen atoms in total. The zero-order valence-electron chi connectivity index (χ0n) is 20.5. The molecule has 1 aliphatic heterocycles. The number of anilines is 2. The van der Waals surface area contributed by atoms with Gasteiger partial charge in [-0.05, 0) is 61.7 Å². The van der Waals surface area contributed by atoms with Gasteiger partial charge < -0.3 is 19.7 Å². The standard InChI is InChI=1S/C27H32N2O6/c1-4-5-6-13-34-26(32)20-9-11-22(12-10-20)29-16-21(15-25(29)31)27(33)35-17-24(30)28-23-14-18(2)7-8-19(23)3/h7-12,14,21H,4-6,13,15-17H2,1-3H3,(H,28,30)/t21-/m1/s1. The third kappa shape index (κ3) is 7.15. The van der Waals surface area contributed by atoms with Gasteiger partial charge in [-0.1, -0.05) is 31.9 Å². The van der Waals surface area contributed by atoms with Crippen LogP contribution in [0.5, 0.6) is 0 Å². The van der Waals surface area contributed by atoms with Crippen molar-refractivity contribution < 1.29 is 28.7 Å². The van der Waals surface area contributed by atoms with Crippen molar-refractivity contribution in [2.24, 2.45) is 5.92 Å². The first-order chi connectivity index (χ1) is 16.8. The maximum Gasteiger partial charge on any atom is 0.338 e. The second-order valence-corrected chi connectivity index (χ2v) is 8.77. The van der Waals surface area contributed by atoms with Crippen LogP contribution < -0.4 is 10.2 Å². The molecule has 0 spiro atoms. The maximum absolute atomic E-state index is 12.5. The molecular formula is C27H32N2O6. The Morgan fingerprint density at radius 3 is 2.49 bits per heavy atom. The Hall–Kier alpha value is -3.68. The zero-order chi connectivity index (χ0) is 25.4. The minimum atomic E-state index is -0.667. The molecule has 0 aliphatic carbocycles. The minimum absolute atomic E-state index is 0.00133. The number of benzene rings is 2. The summed E-state index contributed by atoms with van der Waals surface area (Å²) in [4.78, 5) is 50.8. The molecule has 1 aliphatic rings. The highest BCUT2D eigenvalue weighted by Crippen LogP contribution is 2.26. The van der Waals surface area contributed by atoms with Crippen LogP contribution in [0.4, 0.5) is 11.4 Å². The Morgan fingerprint density at radius 2 is 1.77 bits per heavy atom. The monoisotopic (exact) mass is 480 g/mol. The van der Waals surface area contributed by atoms with Crippen molar-refractivity contribution >= 4 is 35.1 Å². The number of amides is 2. The number of hydrogen-bond acceptors (Lipinski definition) is 6. The molecule has 1 atom stereocenters. The van der Waals surface area contributed by atoms with Crippen molar-refractivity contribution in [3.8, 4) is 0 Å². The Labute approximate surface area is 205 Å². The molecule has 0 saturated carbocycles. The average Bonchev–Trinajstić information content (AvgIpc) is 3.24. The normalized spacial score (nSPS) is 15.1. The lowest BCUT2D eigenvalue weighted by Crippen LogP contribution is -2.28. The van der Waals surface area contributed by atoms with E-state index >= 15 is 0 Å². The third-order valence-corrected chi connectivity index (χ3v) is 5.87. The van der Waals surface area contributed by atoms with E-state index < -0.39 is 30.4 Å². The molecule has 0 aromatic heterocycles. The van der Waals surface area contributed by atoms with E-state index in [1.54, 1.807) is 24.3 Å². The molecule has 186 valence electrons. The molecule has 0 bridgehead atoms. The predicted molar refractivity (Wildman–Crippen MR) is 132 cm³/mol. The van der Waals surface area contributed by atoms with Gasteiger partial charge in [0.25, 0.3) is 5.91 Å². The molecule has 1 heterocycles. The number of nitrogens with zero attached hydrogens (tertiary/aromatic N) is 1. The number of carbonyl (C=O) groups excluding carboxylic acids is 4. The molecule has 1 fully saturated rings. The summed E-state index contributed by atoms with van der Waals surface area (Å²) in [5, 5.41) is 2.74. The van der Waals surface area contributed by atoms with Gasteiger partial charge in [0.2, 0.25) is 5.91 Å². The van der Waals surface area contributed by atoms with Gasteiger partial charge >= 0.3 is 11.9 Å². The number of unbranched alkanes of at least 4 members (excludes halogenated alkanes) is 2. The van der Waals surface area contributed by atoms with Crippen LogP contribution in [0.25, 0.3) is 0 Å². The first-order valence-corrected chi connectivity index (χ1v) is 11.9. The number of nitrogens with one attached hydrogen (secondary N) is 1.